The summed E-state index contributed by atoms with van der Waals surface area (Å²) >= 11 is 0. The minimum absolute atomic E-state index is 0.00711. The van der Waals surface area contributed by atoms with Gasteiger partial charge >= 0.3 is 6.09 Å². The Hall–Kier alpha value is -1.69. The molecular formula is C13H14F2N2O2. The largest absolute Gasteiger partial charge is 0.444 e. The molecular weight excluding hydrogens is 254 g/mol. The van der Waals surface area contributed by atoms with Gasteiger partial charge in [-0.1, -0.05) is 0 Å². The lowest BCUT2D eigenvalue weighted by Gasteiger charge is -2.37. The average Bonchev–Trinajstić information content (AvgIpc) is 2.42. The number of hydrogen-bond acceptors (Lipinski definition) is 3. The molecule has 1 saturated heterocycles. The Kier molecular flexibility index (Phi) is 3.10. The van der Waals surface area contributed by atoms with E-state index in [1.165, 1.54) is 4.90 Å². The van der Waals surface area contributed by atoms with Gasteiger partial charge in [0.1, 0.15) is 6.61 Å². The molecule has 1 aromatic rings. The van der Waals surface area contributed by atoms with Crippen molar-refractivity contribution in [1.82, 2.24) is 5.32 Å². The van der Waals surface area contributed by atoms with Gasteiger partial charge in [-0.05, 0) is 32.0 Å². The summed E-state index contributed by atoms with van der Waals surface area (Å²) in [4.78, 5) is 13.4. The van der Waals surface area contributed by atoms with Gasteiger partial charge in [-0.25, -0.2) is 13.6 Å². The first kappa shape index (κ1) is 12.3. The van der Waals surface area contributed by atoms with Crippen LogP contribution in [0.5, 0.6) is 0 Å². The molecule has 0 unspecified atom stereocenters. The summed E-state index contributed by atoms with van der Waals surface area (Å²) in [6, 6.07) is 2.16. The third-order valence-electron chi connectivity index (χ3n) is 3.60. The molecule has 1 amide bonds. The van der Waals surface area contributed by atoms with Crippen molar-refractivity contribution in [3.63, 3.8) is 0 Å². The Bertz CT molecular complexity index is 516. The summed E-state index contributed by atoms with van der Waals surface area (Å²) in [5.41, 5.74) is 0.944. The fraction of sp³-hybridized carbons (Fsp3) is 0.462. The Morgan fingerprint density at radius 3 is 2.63 bits per heavy atom. The number of carbonyl (C=O) groups excluding carboxylic acids is 1. The fourth-order valence-corrected chi connectivity index (χ4v) is 2.64. The van der Waals surface area contributed by atoms with Crippen LogP contribution in [-0.4, -0.2) is 25.2 Å². The number of rotatable bonds is 1. The summed E-state index contributed by atoms with van der Waals surface area (Å²) in [5.74, 6) is -1.85. The zero-order chi connectivity index (χ0) is 13.4. The number of fused-ring (bicyclic) bond motifs is 1. The standard InChI is InChI=1S/C13H14F2N2O2/c14-10-5-8-7-19-13(18)17(12(8)6-11(10)15)9-1-3-16-4-2-9/h5-6,9,16H,1-4,7H2. The number of halogens is 2. The molecule has 4 nitrogen and oxygen atoms in total. The molecule has 3 rings (SSSR count). The van der Waals surface area contributed by atoms with Crippen molar-refractivity contribution in [3.8, 4) is 0 Å². The molecule has 0 saturated carbocycles. The molecule has 6 heteroatoms. The van der Waals surface area contributed by atoms with Gasteiger partial charge in [0, 0.05) is 17.7 Å². The highest BCUT2D eigenvalue weighted by molar-refractivity contribution is 5.91. The monoisotopic (exact) mass is 268 g/mol. The molecule has 0 spiro atoms. The maximum atomic E-state index is 13.4. The van der Waals surface area contributed by atoms with Crippen LogP contribution in [0.25, 0.3) is 0 Å². The highest BCUT2D eigenvalue weighted by Gasteiger charge is 2.33. The molecule has 1 N–H and O–H groups in total. The highest BCUT2D eigenvalue weighted by Crippen LogP contribution is 2.32. The van der Waals surface area contributed by atoms with E-state index in [1.54, 1.807) is 0 Å². The van der Waals surface area contributed by atoms with Crippen molar-refractivity contribution in [2.24, 2.45) is 0 Å². The Morgan fingerprint density at radius 1 is 1.21 bits per heavy atom. The summed E-state index contributed by atoms with van der Waals surface area (Å²) < 4.78 is 31.7. The van der Waals surface area contributed by atoms with E-state index in [1.807, 2.05) is 0 Å². The van der Waals surface area contributed by atoms with Gasteiger partial charge in [0.25, 0.3) is 0 Å². The maximum Gasteiger partial charge on any atom is 0.414 e. The minimum Gasteiger partial charge on any atom is -0.444 e. The van der Waals surface area contributed by atoms with Crippen molar-refractivity contribution in [3.05, 3.63) is 29.3 Å². The second kappa shape index (κ2) is 4.77. The van der Waals surface area contributed by atoms with E-state index in [4.69, 9.17) is 4.74 Å². The number of nitrogens with zero attached hydrogens (tertiary/aromatic N) is 1. The first-order chi connectivity index (χ1) is 9.16. The fourth-order valence-electron chi connectivity index (χ4n) is 2.64. The lowest BCUT2D eigenvalue weighted by Crippen LogP contribution is -2.48. The number of carbonyl (C=O) groups is 1. The van der Waals surface area contributed by atoms with E-state index in [0.717, 1.165) is 38.1 Å². The number of ether oxygens (including phenoxy) is 1. The smallest absolute Gasteiger partial charge is 0.414 e. The summed E-state index contributed by atoms with van der Waals surface area (Å²) in [5, 5.41) is 3.20. The average molecular weight is 268 g/mol. The van der Waals surface area contributed by atoms with E-state index in [-0.39, 0.29) is 12.6 Å². The predicted molar refractivity (Wildman–Crippen MR) is 64.9 cm³/mol. The van der Waals surface area contributed by atoms with Crippen molar-refractivity contribution >= 4 is 11.8 Å². The molecule has 0 aliphatic carbocycles. The van der Waals surface area contributed by atoms with E-state index < -0.39 is 17.7 Å². The Balaban J connectivity index is 2.00. The minimum atomic E-state index is -0.938. The topological polar surface area (TPSA) is 41.6 Å². The molecule has 19 heavy (non-hydrogen) atoms. The lowest BCUT2D eigenvalue weighted by molar-refractivity contribution is 0.137. The highest BCUT2D eigenvalue weighted by atomic mass is 19.2. The third-order valence-corrected chi connectivity index (χ3v) is 3.60. The number of amides is 1. The molecule has 1 fully saturated rings. The van der Waals surface area contributed by atoms with E-state index in [9.17, 15) is 13.6 Å². The number of piperidine rings is 1. The van der Waals surface area contributed by atoms with Crippen LogP contribution in [0.1, 0.15) is 18.4 Å². The van der Waals surface area contributed by atoms with Crippen LogP contribution >= 0.6 is 0 Å². The van der Waals surface area contributed by atoms with Gasteiger partial charge < -0.3 is 10.1 Å². The van der Waals surface area contributed by atoms with Crippen LogP contribution in [-0.2, 0) is 11.3 Å². The Labute approximate surface area is 109 Å². The molecule has 1 aromatic carbocycles. The molecule has 2 aliphatic rings. The second-order valence-corrected chi connectivity index (χ2v) is 4.80. The Morgan fingerprint density at radius 2 is 1.89 bits per heavy atom. The zero-order valence-corrected chi connectivity index (χ0v) is 10.3. The molecule has 0 radical (unpaired) electrons. The van der Waals surface area contributed by atoms with E-state index in [0.29, 0.717) is 11.3 Å². The predicted octanol–water partition coefficient (Wildman–Crippen LogP) is 2.17. The van der Waals surface area contributed by atoms with Crippen LogP contribution in [0.3, 0.4) is 0 Å². The lowest BCUT2D eigenvalue weighted by atomic mass is 10.0. The van der Waals surface area contributed by atoms with Gasteiger partial charge in [0.2, 0.25) is 0 Å². The van der Waals surface area contributed by atoms with Gasteiger partial charge in [0.05, 0.1) is 5.69 Å². The second-order valence-electron chi connectivity index (χ2n) is 4.80. The van der Waals surface area contributed by atoms with Gasteiger partial charge in [-0.15, -0.1) is 0 Å². The third kappa shape index (κ3) is 2.16. The number of anilines is 1. The number of nitrogens with one attached hydrogen (secondary N) is 1. The van der Waals surface area contributed by atoms with Gasteiger partial charge in [-0.3, -0.25) is 4.90 Å². The van der Waals surface area contributed by atoms with E-state index >= 15 is 0 Å². The normalized spacial score (nSPS) is 20.1. The number of hydrogen-bond donors (Lipinski definition) is 1. The van der Waals surface area contributed by atoms with Crippen molar-refractivity contribution < 1.29 is 18.3 Å². The summed E-state index contributed by atoms with van der Waals surface area (Å²) in [6.07, 6.45) is 1.06. The van der Waals surface area contributed by atoms with Crippen LogP contribution in [0, 0.1) is 11.6 Å². The molecule has 2 aliphatic heterocycles. The summed E-state index contributed by atoms with van der Waals surface area (Å²) in [7, 11) is 0. The first-order valence-corrected chi connectivity index (χ1v) is 6.31. The van der Waals surface area contributed by atoms with Gasteiger partial charge in [0.15, 0.2) is 11.6 Å². The zero-order valence-electron chi connectivity index (χ0n) is 10.3. The van der Waals surface area contributed by atoms with Gasteiger partial charge in [-0.2, -0.15) is 0 Å². The quantitative estimate of drug-likeness (QED) is 0.848. The number of benzene rings is 1. The molecule has 0 atom stereocenters. The molecule has 2 heterocycles. The van der Waals surface area contributed by atoms with E-state index in [2.05, 4.69) is 5.32 Å². The first-order valence-electron chi connectivity index (χ1n) is 6.31. The van der Waals surface area contributed by atoms with Crippen molar-refractivity contribution in [1.29, 1.82) is 0 Å². The molecule has 0 bridgehead atoms. The molecule has 102 valence electrons. The maximum absolute atomic E-state index is 13.4. The SMILES string of the molecule is O=C1OCc2cc(F)c(F)cc2N1C1CCNCC1. The summed E-state index contributed by atoms with van der Waals surface area (Å²) in [6.45, 7) is 1.59. The van der Waals surface area contributed by atoms with Crippen molar-refractivity contribution in [2.75, 3.05) is 18.0 Å². The van der Waals surface area contributed by atoms with Crippen LogP contribution in [0.15, 0.2) is 12.1 Å². The van der Waals surface area contributed by atoms with Crippen LogP contribution < -0.4 is 10.2 Å². The molecule has 0 aromatic heterocycles. The van der Waals surface area contributed by atoms with Crippen LogP contribution in [0.4, 0.5) is 19.3 Å². The van der Waals surface area contributed by atoms with Crippen LogP contribution in [0.2, 0.25) is 0 Å². The number of cyclic esters (lactones) is 1. The van der Waals surface area contributed by atoms with Crippen molar-refractivity contribution in [2.45, 2.75) is 25.5 Å².